The van der Waals surface area contributed by atoms with Gasteiger partial charge in [-0.15, -0.1) is 0 Å². The van der Waals surface area contributed by atoms with Crippen LogP contribution in [0.25, 0.3) is 10.8 Å². The molecule has 0 saturated carbocycles. The van der Waals surface area contributed by atoms with E-state index in [1.165, 1.54) is 12.1 Å². The van der Waals surface area contributed by atoms with Crippen LogP contribution in [0.5, 0.6) is 0 Å². The summed E-state index contributed by atoms with van der Waals surface area (Å²) >= 11 is 0. The normalized spacial score (nSPS) is 17.0. The predicted molar refractivity (Wildman–Crippen MR) is 76.9 cm³/mol. The maximum Gasteiger partial charge on any atom is 0.409 e. The molecule has 1 atom stereocenters. The first kappa shape index (κ1) is 15.3. The Morgan fingerprint density at radius 3 is 2.43 bits per heavy atom. The molecule has 1 amide bonds. The Bertz CT molecular complexity index is 810. The van der Waals surface area contributed by atoms with Crippen LogP contribution in [0.1, 0.15) is 23.6 Å². The lowest BCUT2D eigenvalue weighted by molar-refractivity contribution is -0.190. The van der Waals surface area contributed by atoms with E-state index >= 15 is 0 Å². The molecule has 1 heterocycles. The molecule has 0 bridgehead atoms. The van der Waals surface area contributed by atoms with Crippen molar-refractivity contribution in [2.45, 2.75) is 18.6 Å². The molecule has 1 aliphatic heterocycles. The number of rotatable bonds is 2. The lowest BCUT2D eigenvalue weighted by atomic mass is 9.95. The van der Waals surface area contributed by atoms with Crippen molar-refractivity contribution in [3.8, 4) is 6.07 Å². The van der Waals surface area contributed by atoms with Crippen molar-refractivity contribution in [1.29, 1.82) is 5.26 Å². The Hall–Kier alpha value is -2.59. The highest BCUT2D eigenvalue weighted by atomic mass is 19.4. The average Bonchev–Trinajstić information content (AvgIpc) is 2.92. The molecular weight excluding hydrogens is 307 g/mol. The summed E-state index contributed by atoms with van der Waals surface area (Å²) in [5, 5.41) is 10.9. The first-order chi connectivity index (χ1) is 10.9. The van der Waals surface area contributed by atoms with E-state index in [-0.39, 0.29) is 18.5 Å². The van der Waals surface area contributed by atoms with E-state index in [9.17, 15) is 18.0 Å². The number of hydrogen-bond acceptors (Lipinski definition) is 3. The predicted octanol–water partition coefficient (Wildman–Crippen LogP) is 3.05. The quantitative estimate of drug-likeness (QED) is 0.925. The highest BCUT2D eigenvalue weighted by Crippen LogP contribution is 2.41. The fourth-order valence-electron chi connectivity index (χ4n) is 2.87. The maximum atomic E-state index is 13.6. The minimum absolute atomic E-state index is 0.0165. The SMILES string of the molecule is N#Cc1ccc([C@H](N2CCC(=O)N2)C(F)(F)F)c2ccccc12. The van der Waals surface area contributed by atoms with Crippen molar-refractivity contribution in [3.63, 3.8) is 0 Å². The number of carbonyl (C=O) groups is 1. The molecule has 1 fully saturated rings. The molecule has 23 heavy (non-hydrogen) atoms. The molecule has 1 saturated heterocycles. The van der Waals surface area contributed by atoms with Gasteiger partial charge < -0.3 is 0 Å². The van der Waals surface area contributed by atoms with Gasteiger partial charge in [0.1, 0.15) is 0 Å². The van der Waals surface area contributed by atoms with Crippen LogP contribution in [0, 0.1) is 11.3 Å². The Morgan fingerprint density at radius 1 is 1.17 bits per heavy atom. The zero-order chi connectivity index (χ0) is 16.6. The number of carbonyl (C=O) groups excluding carboxylic acids is 1. The Morgan fingerprint density at radius 2 is 1.87 bits per heavy atom. The topological polar surface area (TPSA) is 56.1 Å². The van der Waals surface area contributed by atoms with Crippen LogP contribution in [0.15, 0.2) is 36.4 Å². The van der Waals surface area contributed by atoms with Crippen molar-refractivity contribution < 1.29 is 18.0 Å². The molecule has 0 radical (unpaired) electrons. The molecule has 118 valence electrons. The van der Waals surface area contributed by atoms with E-state index in [2.05, 4.69) is 5.43 Å². The van der Waals surface area contributed by atoms with Gasteiger partial charge in [0.05, 0.1) is 11.6 Å². The second-order valence-corrected chi connectivity index (χ2v) is 5.28. The van der Waals surface area contributed by atoms with Crippen LogP contribution in [0.2, 0.25) is 0 Å². The van der Waals surface area contributed by atoms with Crippen LogP contribution in [-0.4, -0.2) is 23.6 Å². The molecule has 7 heteroatoms. The number of alkyl halides is 3. The van der Waals surface area contributed by atoms with Gasteiger partial charge in [-0.25, -0.2) is 5.01 Å². The van der Waals surface area contributed by atoms with E-state index in [1.54, 1.807) is 24.3 Å². The average molecular weight is 319 g/mol. The zero-order valence-corrected chi connectivity index (χ0v) is 11.9. The molecule has 3 rings (SSSR count). The van der Waals surface area contributed by atoms with Crippen molar-refractivity contribution >= 4 is 16.7 Å². The summed E-state index contributed by atoms with van der Waals surface area (Å²) < 4.78 is 40.9. The lowest BCUT2D eigenvalue weighted by Crippen LogP contribution is -2.43. The van der Waals surface area contributed by atoms with Gasteiger partial charge in [-0.2, -0.15) is 18.4 Å². The van der Waals surface area contributed by atoms with Crippen molar-refractivity contribution in [2.24, 2.45) is 0 Å². The van der Waals surface area contributed by atoms with Crippen LogP contribution >= 0.6 is 0 Å². The van der Waals surface area contributed by atoms with Crippen LogP contribution in [0.4, 0.5) is 13.2 Å². The lowest BCUT2D eigenvalue weighted by Gasteiger charge is -2.30. The van der Waals surface area contributed by atoms with Crippen LogP contribution < -0.4 is 5.43 Å². The van der Waals surface area contributed by atoms with E-state index in [1.807, 2.05) is 6.07 Å². The van der Waals surface area contributed by atoms with Gasteiger partial charge >= 0.3 is 6.18 Å². The van der Waals surface area contributed by atoms with Gasteiger partial charge in [-0.1, -0.05) is 30.3 Å². The third-order valence-electron chi connectivity index (χ3n) is 3.84. The van der Waals surface area contributed by atoms with Gasteiger partial charge in [0.25, 0.3) is 0 Å². The van der Waals surface area contributed by atoms with Gasteiger partial charge in [0.2, 0.25) is 5.91 Å². The van der Waals surface area contributed by atoms with Gasteiger partial charge in [0, 0.05) is 13.0 Å². The number of nitrogens with one attached hydrogen (secondary N) is 1. The number of hydrogen-bond donors (Lipinski definition) is 1. The third kappa shape index (κ3) is 2.73. The second kappa shape index (κ2) is 5.56. The fourth-order valence-corrected chi connectivity index (χ4v) is 2.87. The van der Waals surface area contributed by atoms with Crippen LogP contribution in [0.3, 0.4) is 0 Å². The summed E-state index contributed by atoms with van der Waals surface area (Å²) in [6.45, 7) is -0.0165. The number of amides is 1. The molecule has 1 aliphatic rings. The molecule has 0 aromatic heterocycles. The maximum absolute atomic E-state index is 13.6. The summed E-state index contributed by atoms with van der Waals surface area (Å²) in [6.07, 6.45) is -4.53. The molecule has 2 aromatic rings. The van der Waals surface area contributed by atoms with E-state index in [0.717, 1.165) is 5.01 Å². The van der Waals surface area contributed by atoms with Crippen molar-refractivity contribution in [2.75, 3.05) is 6.54 Å². The Kier molecular flexibility index (Phi) is 3.70. The summed E-state index contributed by atoms with van der Waals surface area (Å²) in [7, 11) is 0. The minimum Gasteiger partial charge on any atom is -0.288 e. The zero-order valence-electron chi connectivity index (χ0n) is 11.9. The Labute approximate surface area is 130 Å². The summed E-state index contributed by atoms with van der Waals surface area (Å²) in [4.78, 5) is 11.3. The largest absolute Gasteiger partial charge is 0.409 e. The van der Waals surface area contributed by atoms with E-state index in [0.29, 0.717) is 16.3 Å². The molecule has 0 unspecified atom stereocenters. The molecule has 4 nitrogen and oxygen atoms in total. The first-order valence-electron chi connectivity index (χ1n) is 6.96. The van der Waals surface area contributed by atoms with Crippen LogP contribution in [-0.2, 0) is 4.79 Å². The van der Waals surface area contributed by atoms with Gasteiger partial charge in [-0.05, 0) is 22.4 Å². The van der Waals surface area contributed by atoms with E-state index in [4.69, 9.17) is 5.26 Å². The monoisotopic (exact) mass is 319 g/mol. The molecule has 2 aromatic carbocycles. The van der Waals surface area contributed by atoms with E-state index < -0.39 is 18.1 Å². The standard InChI is InChI=1S/C16H12F3N3O/c17-16(18,19)15(22-8-7-14(23)21-22)13-6-5-10(9-20)11-3-1-2-4-12(11)13/h1-6,15H,7-8H2,(H,21,23)/t15-/m0/s1. The summed E-state index contributed by atoms with van der Waals surface area (Å²) in [5.41, 5.74) is 2.60. The number of nitrogens with zero attached hydrogens (tertiary/aromatic N) is 2. The number of benzene rings is 2. The molecule has 1 N–H and O–H groups in total. The number of nitriles is 1. The van der Waals surface area contributed by atoms with Gasteiger partial charge in [-0.3, -0.25) is 10.2 Å². The smallest absolute Gasteiger partial charge is 0.288 e. The first-order valence-corrected chi connectivity index (χ1v) is 6.96. The fraction of sp³-hybridized carbons (Fsp3) is 0.250. The second-order valence-electron chi connectivity index (χ2n) is 5.28. The Balaban J connectivity index is 2.19. The van der Waals surface area contributed by atoms with Gasteiger partial charge in [0.15, 0.2) is 6.04 Å². The minimum atomic E-state index is -4.56. The number of fused-ring (bicyclic) bond motifs is 1. The highest BCUT2D eigenvalue weighted by Gasteiger charge is 2.47. The summed E-state index contributed by atoms with van der Waals surface area (Å²) in [5.74, 6) is -0.433. The highest BCUT2D eigenvalue weighted by molar-refractivity contribution is 5.91. The molecule has 0 spiro atoms. The molecular formula is C16H12F3N3O. The van der Waals surface area contributed by atoms with Crippen molar-refractivity contribution in [3.05, 3.63) is 47.5 Å². The third-order valence-corrected chi connectivity index (χ3v) is 3.84. The van der Waals surface area contributed by atoms with Crippen molar-refractivity contribution in [1.82, 2.24) is 10.4 Å². The summed E-state index contributed by atoms with van der Waals surface area (Å²) in [6, 6.07) is 9.20. The number of halogens is 3. The number of hydrazine groups is 1. The molecule has 0 aliphatic carbocycles.